The number of carbonyl (C=O) groups is 2. The second-order valence-electron chi connectivity index (χ2n) is 11.3. The van der Waals surface area contributed by atoms with Crippen molar-refractivity contribution in [2.45, 2.75) is 80.2 Å². The fraction of sp³-hybridized carbons (Fsp3) is 0.640. The van der Waals surface area contributed by atoms with E-state index in [-0.39, 0.29) is 18.4 Å². The van der Waals surface area contributed by atoms with Gasteiger partial charge in [0.1, 0.15) is 11.8 Å². The number of benzene rings is 1. The van der Waals surface area contributed by atoms with E-state index in [0.29, 0.717) is 44.6 Å². The quantitative estimate of drug-likeness (QED) is 0.474. The van der Waals surface area contributed by atoms with Gasteiger partial charge in [0.15, 0.2) is 0 Å². The first kappa shape index (κ1) is 29.9. The number of fused-ring (bicyclic) bond motifs is 1. The first-order valence-electron chi connectivity index (χ1n) is 12.9. The summed E-state index contributed by atoms with van der Waals surface area (Å²) in [5.74, 6) is -0.829. The zero-order chi connectivity index (χ0) is 29.5. The van der Waals surface area contributed by atoms with Gasteiger partial charge in [-0.15, -0.1) is 0 Å². The van der Waals surface area contributed by atoms with Crippen LogP contribution in [0.3, 0.4) is 0 Å². The maximum Gasteiger partial charge on any atom is 0.501 e. The highest BCUT2D eigenvalue weighted by Gasteiger charge is 2.55. The summed E-state index contributed by atoms with van der Waals surface area (Å²) in [5, 5.41) is 17.6. The molecular formula is C25H33F3N6O5S. The predicted molar refractivity (Wildman–Crippen MR) is 137 cm³/mol. The zero-order valence-electron chi connectivity index (χ0n) is 22.4. The van der Waals surface area contributed by atoms with Gasteiger partial charge in [0.25, 0.3) is 9.84 Å². The molecule has 3 atom stereocenters. The van der Waals surface area contributed by atoms with Crippen LogP contribution in [0.2, 0.25) is 0 Å². The second kappa shape index (κ2) is 10.7. The summed E-state index contributed by atoms with van der Waals surface area (Å²) >= 11 is 0. The number of hydrogen-bond donors (Lipinski definition) is 3. The fourth-order valence-corrected chi connectivity index (χ4v) is 6.30. The number of amides is 2. The number of likely N-dealkylation sites (tertiary alicyclic amines) is 1. The average molecular weight is 587 g/mol. The van der Waals surface area contributed by atoms with E-state index in [1.807, 2.05) is 5.01 Å². The Bertz CT molecular complexity index is 1270. The maximum atomic E-state index is 13.0. The molecule has 0 radical (unpaired) electrons. The highest BCUT2D eigenvalue weighted by Crippen LogP contribution is 2.40. The van der Waals surface area contributed by atoms with Crippen molar-refractivity contribution < 1.29 is 35.9 Å². The van der Waals surface area contributed by atoms with Crippen molar-refractivity contribution in [2.75, 3.05) is 25.0 Å². The van der Waals surface area contributed by atoms with Gasteiger partial charge in [-0.05, 0) is 64.3 Å². The lowest BCUT2D eigenvalue weighted by molar-refractivity contribution is -0.128. The third kappa shape index (κ3) is 5.84. The lowest BCUT2D eigenvalue weighted by Crippen LogP contribution is -2.62. The van der Waals surface area contributed by atoms with E-state index in [1.165, 1.54) is 12.1 Å². The number of rotatable bonds is 5. The van der Waals surface area contributed by atoms with Crippen molar-refractivity contribution in [2.24, 2.45) is 5.92 Å². The Morgan fingerprint density at radius 3 is 2.38 bits per heavy atom. The molecule has 4 rings (SSSR count). The first-order chi connectivity index (χ1) is 18.6. The van der Waals surface area contributed by atoms with Crippen LogP contribution in [0.15, 0.2) is 29.2 Å². The monoisotopic (exact) mass is 586 g/mol. The van der Waals surface area contributed by atoms with Gasteiger partial charge in [0.05, 0.1) is 28.8 Å². The molecule has 3 aliphatic rings. The summed E-state index contributed by atoms with van der Waals surface area (Å²) in [6, 6.07) is 6.11. The molecule has 3 aliphatic heterocycles. The number of alkyl halides is 3. The van der Waals surface area contributed by atoms with Crippen LogP contribution in [0, 0.1) is 17.2 Å². The molecule has 40 heavy (non-hydrogen) atoms. The van der Waals surface area contributed by atoms with Crippen LogP contribution in [0.5, 0.6) is 0 Å². The van der Waals surface area contributed by atoms with E-state index in [9.17, 15) is 36.4 Å². The third-order valence-corrected chi connectivity index (χ3v) is 8.98. The largest absolute Gasteiger partial charge is 0.501 e. The fourth-order valence-electron chi connectivity index (χ4n) is 5.54. The molecule has 3 heterocycles. The summed E-state index contributed by atoms with van der Waals surface area (Å²) in [7, 11) is -5.49. The summed E-state index contributed by atoms with van der Waals surface area (Å²) in [6.07, 6.45) is 0.521. The van der Waals surface area contributed by atoms with Gasteiger partial charge in [0, 0.05) is 31.4 Å². The average Bonchev–Trinajstić information content (AvgIpc) is 3.23. The van der Waals surface area contributed by atoms with E-state index < -0.39 is 49.6 Å². The molecule has 0 spiro atoms. The molecule has 11 nitrogen and oxygen atoms in total. The van der Waals surface area contributed by atoms with Gasteiger partial charge in [0.2, 0.25) is 5.91 Å². The van der Waals surface area contributed by atoms with E-state index in [0.717, 1.165) is 12.1 Å². The van der Waals surface area contributed by atoms with Crippen molar-refractivity contribution in [3.05, 3.63) is 24.3 Å². The van der Waals surface area contributed by atoms with Crippen LogP contribution >= 0.6 is 0 Å². The number of anilines is 1. The summed E-state index contributed by atoms with van der Waals surface area (Å²) in [6.45, 7) is 6.49. The molecule has 220 valence electrons. The topological polar surface area (TPSA) is 144 Å². The van der Waals surface area contributed by atoms with E-state index in [1.54, 1.807) is 25.7 Å². The number of sulfone groups is 1. The van der Waals surface area contributed by atoms with Gasteiger partial charge in [-0.3, -0.25) is 4.79 Å². The third-order valence-electron chi connectivity index (χ3n) is 7.48. The number of ether oxygens (including phenoxy) is 1. The molecule has 2 amide bonds. The van der Waals surface area contributed by atoms with Crippen LogP contribution in [0.1, 0.15) is 46.5 Å². The summed E-state index contributed by atoms with van der Waals surface area (Å²) < 4.78 is 67.7. The first-order valence-corrected chi connectivity index (χ1v) is 14.4. The van der Waals surface area contributed by atoms with Crippen molar-refractivity contribution in [3.63, 3.8) is 0 Å². The Morgan fingerprint density at radius 1 is 1.20 bits per heavy atom. The van der Waals surface area contributed by atoms with Gasteiger partial charge in [-0.25, -0.2) is 23.6 Å². The smallest absolute Gasteiger partial charge is 0.444 e. The number of nitrogens with one attached hydrogen (secondary N) is 3. The minimum Gasteiger partial charge on any atom is -0.444 e. The molecule has 3 saturated heterocycles. The van der Waals surface area contributed by atoms with Crippen LogP contribution in [0.25, 0.3) is 0 Å². The van der Waals surface area contributed by atoms with Crippen molar-refractivity contribution in [1.29, 1.82) is 5.26 Å². The number of nitrogens with zero attached hydrogens (tertiary/aromatic N) is 3. The molecule has 1 aromatic rings. The number of halogens is 3. The van der Waals surface area contributed by atoms with Crippen molar-refractivity contribution >= 4 is 27.5 Å². The molecule has 3 fully saturated rings. The minimum absolute atomic E-state index is 0.143. The minimum atomic E-state index is -5.49. The Balaban J connectivity index is 1.55. The van der Waals surface area contributed by atoms with Crippen molar-refractivity contribution in [3.8, 4) is 6.07 Å². The molecule has 1 aromatic carbocycles. The Labute approximate surface area is 230 Å². The maximum absolute atomic E-state index is 13.0. The zero-order valence-corrected chi connectivity index (χ0v) is 23.2. The van der Waals surface area contributed by atoms with Gasteiger partial charge in [-0.2, -0.15) is 18.4 Å². The van der Waals surface area contributed by atoms with Gasteiger partial charge < -0.3 is 20.3 Å². The van der Waals surface area contributed by atoms with Crippen molar-refractivity contribution in [1.82, 2.24) is 20.7 Å². The van der Waals surface area contributed by atoms with Crippen LogP contribution < -0.4 is 16.1 Å². The number of carbonyl (C=O) groups excluding carboxylic acids is 2. The number of piperidine rings is 2. The molecule has 0 aromatic heterocycles. The van der Waals surface area contributed by atoms with Gasteiger partial charge >= 0.3 is 11.6 Å². The molecule has 15 heteroatoms. The standard InChI is InChI=1S/C25H33F3N6O5S/c1-23(2,3)39-22(36)33-14-10-24(9-12-29,11-15-33)34-18-8-13-30-21(35)19(18)20(32-34)31-16-4-6-17(7-5-16)40(37,38)25(26,27)28/h4-7,18-20,31-32H,8-11,13-15H2,1-3H3,(H,30,35). The second-order valence-corrected chi connectivity index (χ2v) is 13.2. The molecule has 3 N–H and O–H groups in total. The summed E-state index contributed by atoms with van der Waals surface area (Å²) in [5.41, 5.74) is -3.10. The molecule has 0 bridgehead atoms. The Morgan fingerprint density at radius 2 is 1.82 bits per heavy atom. The van der Waals surface area contributed by atoms with Crippen LogP contribution in [-0.2, 0) is 19.4 Å². The normalized spacial score (nSPS) is 25.5. The number of hydrazine groups is 1. The number of nitriles is 1. The van der Waals surface area contributed by atoms with E-state index >= 15 is 0 Å². The predicted octanol–water partition coefficient (Wildman–Crippen LogP) is 2.73. The van der Waals surface area contributed by atoms with E-state index in [2.05, 4.69) is 22.1 Å². The highest BCUT2D eigenvalue weighted by atomic mass is 32.2. The Hall–Kier alpha value is -3.09. The SMILES string of the molecule is CC(C)(C)OC(=O)N1CCC(CC#N)(N2NC(Nc3ccc(S(=O)(=O)C(F)(F)F)cc3)C3C(=O)NCCC32)CC1. The number of hydrogen-bond acceptors (Lipinski definition) is 9. The molecule has 0 saturated carbocycles. The van der Waals surface area contributed by atoms with Gasteiger partial charge in [-0.1, -0.05) is 0 Å². The van der Waals surface area contributed by atoms with Crippen LogP contribution in [0.4, 0.5) is 23.7 Å². The molecular weight excluding hydrogens is 553 g/mol. The molecule has 0 aliphatic carbocycles. The lowest BCUT2D eigenvalue weighted by atomic mass is 9.81. The van der Waals surface area contributed by atoms with Crippen LogP contribution in [-0.4, -0.2) is 78.8 Å². The van der Waals surface area contributed by atoms with E-state index in [4.69, 9.17) is 4.74 Å². The lowest BCUT2D eigenvalue weighted by Gasteiger charge is -2.48. The summed E-state index contributed by atoms with van der Waals surface area (Å²) in [4.78, 5) is 26.3. The highest BCUT2D eigenvalue weighted by molar-refractivity contribution is 7.92. The molecule has 3 unspecified atom stereocenters. The Kier molecular flexibility index (Phi) is 8.00.